The molecule has 9 heteroatoms. The Bertz CT molecular complexity index is 787. The molecule has 0 spiro atoms. The van der Waals surface area contributed by atoms with E-state index in [4.69, 9.17) is 0 Å². The van der Waals surface area contributed by atoms with Gasteiger partial charge in [-0.3, -0.25) is 19.7 Å². The molecule has 2 rings (SSSR count). The van der Waals surface area contributed by atoms with E-state index in [1.807, 2.05) is 0 Å². The third-order valence-corrected chi connectivity index (χ3v) is 3.72. The fraction of sp³-hybridized carbons (Fsp3) is 0.133. The molecule has 124 valence electrons. The molecular formula is C15H14N4O4S. The summed E-state index contributed by atoms with van der Waals surface area (Å²) in [5, 5.41) is 18.9. The van der Waals surface area contributed by atoms with Crippen LogP contribution in [0.2, 0.25) is 0 Å². The fourth-order valence-electron chi connectivity index (χ4n) is 1.78. The number of carbonyl (C=O) groups is 2. The number of thiophene rings is 1. The molecular weight excluding hydrogens is 332 g/mol. The molecule has 2 amide bonds. The van der Waals surface area contributed by atoms with Crippen molar-refractivity contribution in [3.05, 3.63) is 56.8 Å². The standard InChI is InChI=1S/C15H14N4O4S/c1-10(17-18-15(21)13-6-3-7-24-13)8-14(20)16-11-4-2-5-12(9-11)19(22)23/h2-7,9H,8H2,1H3,(H,16,20)(H,18,21)/b17-10+. The van der Waals surface area contributed by atoms with Crippen LogP contribution in [0.15, 0.2) is 46.9 Å². The topological polar surface area (TPSA) is 114 Å². The van der Waals surface area contributed by atoms with E-state index in [2.05, 4.69) is 15.8 Å². The average molecular weight is 346 g/mol. The van der Waals surface area contributed by atoms with Gasteiger partial charge in [-0.25, -0.2) is 5.43 Å². The Balaban J connectivity index is 1.89. The van der Waals surface area contributed by atoms with Crippen molar-refractivity contribution in [3.63, 3.8) is 0 Å². The van der Waals surface area contributed by atoms with E-state index < -0.39 is 4.92 Å². The van der Waals surface area contributed by atoms with E-state index in [0.717, 1.165) is 0 Å². The summed E-state index contributed by atoms with van der Waals surface area (Å²) in [7, 11) is 0. The first-order valence-electron chi connectivity index (χ1n) is 6.87. The van der Waals surface area contributed by atoms with E-state index in [1.54, 1.807) is 30.5 Å². The van der Waals surface area contributed by atoms with Crippen LogP contribution in [0.5, 0.6) is 0 Å². The Morgan fingerprint density at radius 1 is 1.29 bits per heavy atom. The lowest BCUT2D eigenvalue weighted by atomic mass is 10.2. The number of anilines is 1. The minimum absolute atomic E-state index is 0.0482. The first-order valence-corrected chi connectivity index (χ1v) is 7.75. The molecule has 0 saturated heterocycles. The molecule has 0 aliphatic rings. The summed E-state index contributed by atoms with van der Waals surface area (Å²) in [5.41, 5.74) is 2.99. The van der Waals surface area contributed by atoms with E-state index in [9.17, 15) is 19.7 Å². The van der Waals surface area contributed by atoms with E-state index in [1.165, 1.54) is 29.5 Å². The maximum atomic E-state index is 11.9. The molecule has 1 aromatic carbocycles. The highest BCUT2D eigenvalue weighted by Gasteiger charge is 2.10. The predicted molar refractivity (Wildman–Crippen MR) is 91.2 cm³/mol. The molecule has 2 N–H and O–H groups in total. The van der Waals surface area contributed by atoms with Crippen molar-refractivity contribution >= 4 is 40.2 Å². The van der Waals surface area contributed by atoms with Crippen molar-refractivity contribution in [3.8, 4) is 0 Å². The molecule has 0 aliphatic carbocycles. The fourth-order valence-corrected chi connectivity index (χ4v) is 2.40. The molecule has 0 atom stereocenters. The second kappa shape index (κ2) is 7.97. The van der Waals surface area contributed by atoms with Crippen LogP contribution in [-0.4, -0.2) is 22.4 Å². The zero-order chi connectivity index (χ0) is 17.5. The monoisotopic (exact) mass is 346 g/mol. The SMILES string of the molecule is C/C(CC(=O)Nc1cccc([N+](=O)[O-])c1)=N\NC(=O)c1cccs1. The number of rotatable bonds is 6. The molecule has 2 aromatic rings. The second-order valence-corrected chi connectivity index (χ2v) is 5.75. The van der Waals surface area contributed by atoms with Crippen LogP contribution in [0.3, 0.4) is 0 Å². The van der Waals surface area contributed by atoms with Crippen molar-refractivity contribution in [1.29, 1.82) is 0 Å². The normalized spacial score (nSPS) is 11.0. The maximum absolute atomic E-state index is 11.9. The summed E-state index contributed by atoms with van der Waals surface area (Å²) >= 11 is 1.29. The van der Waals surface area contributed by atoms with Gasteiger partial charge in [-0.2, -0.15) is 5.10 Å². The number of hydrazone groups is 1. The second-order valence-electron chi connectivity index (χ2n) is 4.80. The lowest BCUT2D eigenvalue weighted by molar-refractivity contribution is -0.384. The number of carbonyl (C=O) groups excluding carboxylic acids is 2. The summed E-state index contributed by atoms with van der Waals surface area (Å²) < 4.78 is 0. The average Bonchev–Trinajstić information content (AvgIpc) is 3.07. The van der Waals surface area contributed by atoms with Crippen LogP contribution in [0.1, 0.15) is 23.0 Å². The Morgan fingerprint density at radius 3 is 2.75 bits per heavy atom. The Labute approximate surface area is 141 Å². The highest BCUT2D eigenvalue weighted by molar-refractivity contribution is 7.12. The van der Waals surface area contributed by atoms with Crippen molar-refractivity contribution in [2.75, 3.05) is 5.32 Å². The molecule has 0 aliphatic heterocycles. The molecule has 0 bridgehead atoms. The summed E-state index contributed by atoms with van der Waals surface area (Å²) in [5.74, 6) is -0.731. The van der Waals surface area contributed by atoms with Gasteiger partial charge >= 0.3 is 0 Å². The van der Waals surface area contributed by atoms with Gasteiger partial charge in [0.15, 0.2) is 0 Å². The van der Waals surface area contributed by atoms with Crippen molar-refractivity contribution in [2.24, 2.45) is 5.10 Å². The molecule has 8 nitrogen and oxygen atoms in total. The highest BCUT2D eigenvalue weighted by atomic mass is 32.1. The Morgan fingerprint density at radius 2 is 2.08 bits per heavy atom. The first kappa shape index (κ1) is 17.3. The van der Waals surface area contributed by atoms with Gasteiger partial charge in [0.1, 0.15) is 0 Å². The van der Waals surface area contributed by atoms with Crippen LogP contribution in [0.25, 0.3) is 0 Å². The number of nitro groups is 1. The van der Waals surface area contributed by atoms with Gasteiger partial charge in [-0.15, -0.1) is 11.3 Å². The quantitative estimate of drug-likeness (QED) is 0.475. The van der Waals surface area contributed by atoms with Crippen LogP contribution in [0, 0.1) is 10.1 Å². The summed E-state index contributed by atoms with van der Waals surface area (Å²) in [6.07, 6.45) is -0.0482. The van der Waals surface area contributed by atoms with Gasteiger partial charge < -0.3 is 5.32 Å². The summed E-state index contributed by atoms with van der Waals surface area (Å²) in [4.78, 5) is 34.3. The predicted octanol–water partition coefficient (Wildman–Crippen LogP) is 2.79. The van der Waals surface area contributed by atoms with E-state index in [-0.39, 0.29) is 23.9 Å². The van der Waals surface area contributed by atoms with Crippen LogP contribution in [0.4, 0.5) is 11.4 Å². The first-order chi connectivity index (χ1) is 11.5. The van der Waals surface area contributed by atoms with Crippen molar-refractivity contribution < 1.29 is 14.5 Å². The van der Waals surface area contributed by atoms with Gasteiger partial charge in [-0.05, 0) is 24.4 Å². The van der Waals surface area contributed by atoms with Gasteiger partial charge in [0.05, 0.1) is 16.2 Å². The lowest BCUT2D eigenvalue weighted by Crippen LogP contribution is -2.20. The maximum Gasteiger partial charge on any atom is 0.281 e. The number of hydrogen-bond acceptors (Lipinski definition) is 6. The van der Waals surface area contributed by atoms with Crippen LogP contribution < -0.4 is 10.7 Å². The van der Waals surface area contributed by atoms with E-state index >= 15 is 0 Å². The van der Waals surface area contributed by atoms with E-state index in [0.29, 0.717) is 16.3 Å². The van der Waals surface area contributed by atoms with Gasteiger partial charge in [0.2, 0.25) is 5.91 Å². The number of non-ortho nitro benzene ring substituents is 1. The molecule has 1 heterocycles. The lowest BCUT2D eigenvalue weighted by Gasteiger charge is -2.05. The minimum Gasteiger partial charge on any atom is -0.326 e. The van der Waals surface area contributed by atoms with Gasteiger partial charge in [0, 0.05) is 23.5 Å². The van der Waals surface area contributed by atoms with Gasteiger partial charge in [-0.1, -0.05) is 12.1 Å². The Kier molecular flexibility index (Phi) is 5.74. The number of nitro benzene ring substituents is 1. The summed E-state index contributed by atoms with van der Waals surface area (Å²) in [6.45, 7) is 1.60. The third-order valence-electron chi connectivity index (χ3n) is 2.85. The number of amides is 2. The van der Waals surface area contributed by atoms with Crippen LogP contribution >= 0.6 is 11.3 Å². The molecule has 24 heavy (non-hydrogen) atoms. The van der Waals surface area contributed by atoms with Crippen molar-refractivity contribution in [1.82, 2.24) is 5.43 Å². The Hall–Kier alpha value is -3.07. The zero-order valence-corrected chi connectivity index (χ0v) is 13.5. The number of nitrogens with one attached hydrogen (secondary N) is 2. The number of nitrogens with zero attached hydrogens (tertiary/aromatic N) is 2. The zero-order valence-electron chi connectivity index (χ0n) is 12.7. The molecule has 0 radical (unpaired) electrons. The number of hydrogen-bond donors (Lipinski definition) is 2. The molecule has 0 saturated carbocycles. The van der Waals surface area contributed by atoms with Crippen LogP contribution in [-0.2, 0) is 4.79 Å². The summed E-state index contributed by atoms with van der Waals surface area (Å²) in [6, 6.07) is 9.06. The van der Waals surface area contributed by atoms with Crippen molar-refractivity contribution in [2.45, 2.75) is 13.3 Å². The highest BCUT2D eigenvalue weighted by Crippen LogP contribution is 2.17. The molecule has 1 aromatic heterocycles. The number of benzene rings is 1. The molecule has 0 unspecified atom stereocenters. The third kappa shape index (κ3) is 4.99. The minimum atomic E-state index is -0.539. The smallest absolute Gasteiger partial charge is 0.281 e. The largest absolute Gasteiger partial charge is 0.326 e. The van der Waals surface area contributed by atoms with Gasteiger partial charge in [0.25, 0.3) is 11.6 Å². The molecule has 0 fully saturated rings.